The molecule has 0 aromatic heterocycles. The molecule has 0 fully saturated rings. The molecular weight excluding hydrogens is 278 g/mol. The van der Waals surface area contributed by atoms with Crippen molar-refractivity contribution < 1.29 is 10.0 Å². The molecule has 0 saturated heterocycles. The van der Waals surface area contributed by atoms with Crippen LogP contribution in [-0.4, -0.2) is 16.8 Å². The molecule has 5 nitrogen and oxygen atoms in total. The van der Waals surface area contributed by atoms with E-state index in [2.05, 4.69) is 15.8 Å². The number of amides is 1. The van der Waals surface area contributed by atoms with E-state index in [1.54, 1.807) is 0 Å². The molecule has 0 radical (unpaired) electrons. The van der Waals surface area contributed by atoms with Crippen molar-refractivity contribution in [3.8, 4) is 0 Å². The molecule has 2 aliphatic heterocycles. The largest absolute Gasteiger partial charge is 0.410 e. The summed E-state index contributed by atoms with van der Waals surface area (Å²) in [7, 11) is 0. The van der Waals surface area contributed by atoms with Crippen LogP contribution >= 0.6 is 0 Å². The SMILES string of the molecule is Cc1ccc2c(c1)/C(=C1/Nc3ccccc3/C1=N\O)C(=O)N2. The van der Waals surface area contributed by atoms with E-state index in [1.807, 2.05) is 49.4 Å². The van der Waals surface area contributed by atoms with Gasteiger partial charge in [0.15, 0.2) is 0 Å². The number of nitrogens with zero attached hydrogens (tertiary/aromatic N) is 1. The lowest BCUT2D eigenvalue weighted by Gasteiger charge is -2.05. The number of anilines is 2. The zero-order valence-electron chi connectivity index (χ0n) is 11.8. The Morgan fingerprint density at radius 1 is 1.00 bits per heavy atom. The number of allylic oxidation sites excluding steroid dienone is 1. The van der Waals surface area contributed by atoms with Gasteiger partial charge >= 0.3 is 0 Å². The van der Waals surface area contributed by atoms with Gasteiger partial charge in [-0.15, -0.1) is 0 Å². The molecule has 0 bridgehead atoms. The minimum atomic E-state index is -0.197. The fourth-order valence-electron chi connectivity index (χ4n) is 2.94. The van der Waals surface area contributed by atoms with Crippen LogP contribution in [0.3, 0.4) is 0 Å². The van der Waals surface area contributed by atoms with Crippen LogP contribution in [0.1, 0.15) is 16.7 Å². The summed E-state index contributed by atoms with van der Waals surface area (Å²) in [4.78, 5) is 12.4. The molecule has 2 heterocycles. The second kappa shape index (κ2) is 4.46. The number of nitrogens with one attached hydrogen (secondary N) is 2. The van der Waals surface area contributed by atoms with Crippen molar-refractivity contribution in [1.82, 2.24) is 0 Å². The number of aryl methyl sites for hydroxylation is 1. The van der Waals surface area contributed by atoms with Crippen LogP contribution in [0.15, 0.2) is 53.3 Å². The maximum atomic E-state index is 12.4. The van der Waals surface area contributed by atoms with E-state index in [0.717, 1.165) is 28.1 Å². The standard InChI is InChI=1S/C17H13N3O2/c1-9-6-7-13-11(8-9)14(17(21)19-13)16-15(20-22)10-4-2-3-5-12(10)18-16/h2-8,18,22H,1H3,(H,19,21)/b16-14-,20-15+. The van der Waals surface area contributed by atoms with E-state index in [9.17, 15) is 10.0 Å². The summed E-state index contributed by atoms with van der Waals surface area (Å²) in [6.45, 7) is 1.98. The third kappa shape index (κ3) is 1.65. The molecule has 4 rings (SSSR count). The van der Waals surface area contributed by atoms with Crippen molar-refractivity contribution in [2.24, 2.45) is 5.16 Å². The van der Waals surface area contributed by atoms with E-state index in [-0.39, 0.29) is 5.91 Å². The van der Waals surface area contributed by atoms with Gasteiger partial charge in [0, 0.05) is 22.5 Å². The number of carbonyl (C=O) groups is 1. The number of hydrogen-bond donors (Lipinski definition) is 3. The minimum Gasteiger partial charge on any atom is -0.410 e. The van der Waals surface area contributed by atoms with E-state index < -0.39 is 0 Å². The van der Waals surface area contributed by atoms with Gasteiger partial charge in [0.2, 0.25) is 0 Å². The number of hydrogen-bond acceptors (Lipinski definition) is 4. The molecule has 2 aromatic carbocycles. The summed E-state index contributed by atoms with van der Waals surface area (Å²) in [5.74, 6) is -0.197. The predicted molar refractivity (Wildman–Crippen MR) is 85.1 cm³/mol. The predicted octanol–water partition coefficient (Wildman–Crippen LogP) is 2.96. The lowest BCUT2D eigenvalue weighted by Crippen LogP contribution is -2.12. The van der Waals surface area contributed by atoms with Crippen molar-refractivity contribution in [1.29, 1.82) is 0 Å². The highest BCUT2D eigenvalue weighted by atomic mass is 16.4. The minimum absolute atomic E-state index is 0.197. The van der Waals surface area contributed by atoms with Crippen molar-refractivity contribution in [3.05, 3.63) is 64.9 Å². The van der Waals surface area contributed by atoms with Crippen LogP contribution in [0.5, 0.6) is 0 Å². The summed E-state index contributed by atoms with van der Waals surface area (Å²) < 4.78 is 0. The van der Waals surface area contributed by atoms with E-state index >= 15 is 0 Å². The van der Waals surface area contributed by atoms with Crippen LogP contribution in [0.25, 0.3) is 5.57 Å². The van der Waals surface area contributed by atoms with Crippen LogP contribution in [0.4, 0.5) is 11.4 Å². The van der Waals surface area contributed by atoms with Gasteiger partial charge in [-0.2, -0.15) is 0 Å². The second-order valence-corrected chi connectivity index (χ2v) is 5.37. The van der Waals surface area contributed by atoms with Gasteiger partial charge in [0.1, 0.15) is 5.71 Å². The molecule has 2 aromatic rings. The zero-order chi connectivity index (χ0) is 15.3. The number of rotatable bonds is 0. The van der Waals surface area contributed by atoms with Gasteiger partial charge in [0.25, 0.3) is 5.91 Å². The fraction of sp³-hybridized carbons (Fsp3) is 0.0588. The molecule has 5 heteroatoms. The Morgan fingerprint density at radius 3 is 2.59 bits per heavy atom. The second-order valence-electron chi connectivity index (χ2n) is 5.37. The summed E-state index contributed by atoms with van der Waals surface area (Å²) in [6.07, 6.45) is 0. The summed E-state index contributed by atoms with van der Waals surface area (Å²) in [5, 5.41) is 18.9. The molecule has 1 amide bonds. The maximum Gasteiger partial charge on any atom is 0.258 e. The first-order valence-electron chi connectivity index (χ1n) is 6.94. The first kappa shape index (κ1) is 12.6. The molecule has 22 heavy (non-hydrogen) atoms. The van der Waals surface area contributed by atoms with E-state index in [4.69, 9.17) is 0 Å². The van der Waals surface area contributed by atoms with Gasteiger partial charge in [0.05, 0.1) is 11.3 Å². The lowest BCUT2D eigenvalue weighted by atomic mass is 10.00. The molecule has 0 unspecified atom stereocenters. The van der Waals surface area contributed by atoms with Crippen LogP contribution in [-0.2, 0) is 4.79 Å². The fourth-order valence-corrected chi connectivity index (χ4v) is 2.94. The maximum absolute atomic E-state index is 12.4. The zero-order valence-corrected chi connectivity index (χ0v) is 11.8. The van der Waals surface area contributed by atoms with Crippen molar-refractivity contribution in [2.75, 3.05) is 10.6 Å². The van der Waals surface area contributed by atoms with Gasteiger partial charge < -0.3 is 15.8 Å². The quantitative estimate of drug-likeness (QED) is 0.397. The number of oxime groups is 1. The summed E-state index contributed by atoms with van der Waals surface area (Å²) in [6, 6.07) is 13.3. The first-order valence-corrected chi connectivity index (χ1v) is 6.94. The highest BCUT2D eigenvalue weighted by Gasteiger charge is 2.34. The van der Waals surface area contributed by atoms with Gasteiger partial charge in [-0.25, -0.2) is 0 Å². The molecule has 0 spiro atoms. The third-order valence-corrected chi connectivity index (χ3v) is 3.95. The normalized spacial score (nSPS) is 20.6. The van der Waals surface area contributed by atoms with Crippen LogP contribution in [0.2, 0.25) is 0 Å². The van der Waals surface area contributed by atoms with Gasteiger partial charge in [-0.3, -0.25) is 4.79 Å². The Kier molecular flexibility index (Phi) is 2.56. The Bertz CT molecular complexity index is 881. The molecule has 0 aliphatic carbocycles. The van der Waals surface area contributed by atoms with Gasteiger partial charge in [-0.05, 0) is 25.1 Å². The first-order chi connectivity index (χ1) is 10.7. The van der Waals surface area contributed by atoms with Crippen LogP contribution in [0, 0.1) is 6.92 Å². The molecule has 3 N–H and O–H groups in total. The lowest BCUT2D eigenvalue weighted by molar-refractivity contribution is -0.110. The Morgan fingerprint density at radius 2 is 1.77 bits per heavy atom. The summed E-state index contributed by atoms with van der Waals surface area (Å²) in [5.41, 5.74) is 5.68. The number of benzene rings is 2. The topological polar surface area (TPSA) is 73.7 Å². The Hall–Kier alpha value is -3.08. The highest BCUT2D eigenvalue weighted by Crippen LogP contribution is 2.39. The van der Waals surface area contributed by atoms with Crippen molar-refractivity contribution in [3.63, 3.8) is 0 Å². The Labute approximate surface area is 127 Å². The highest BCUT2D eigenvalue weighted by molar-refractivity contribution is 6.39. The van der Waals surface area contributed by atoms with Crippen molar-refractivity contribution >= 4 is 28.6 Å². The number of carbonyl (C=O) groups excluding carboxylic acids is 1. The van der Waals surface area contributed by atoms with Crippen molar-refractivity contribution in [2.45, 2.75) is 6.92 Å². The average Bonchev–Trinajstić information content (AvgIpc) is 3.03. The number of para-hydroxylation sites is 1. The monoisotopic (exact) mass is 291 g/mol. The van der Waals surface area contributed by atoms with E-state index in [1.165, 1.54) is 0 Å². The smallest absolute Gasteiger partial charge is 0.258 e. The Balaban J connectivity index is 1.97. The van der Waals surface area contributed by atoms with E-state index in [0.29, 0.717) is 17.0 Å². The number of fused-ring (bicyclic) bond motifs is 2. The molecule has 0 atom stereocenters. The average molecular weight is 291 g/mol. The molecular formula is C17H13N3O2. The van der Waals surface area contributed by atoms with Crippen LogP contribution < -0.4 is 10.6 Å². The third-order valence-electron chi connectivity index (χ3n) is 3.95. The molecule has 0 saturated carbocycles. The summed E-state index contributed by atoms with van der Waals surface area (Å²) >= 11 is 0. The molecule has 108 valence electrons. The van der Waals surface area contributed by atoms with Gasteiger partial charge in [-0.1, -0.05) is 35.0 Å². The molecule has 2 aliphatic rings.